The lowest BCUT2D eigenvalue weighted by atomic mass is 10.0. The average Bonchev–Trinajstić information content (AvgIpc) is 2.62. The van der Waals surface area contributed by atoms with Crippen molar-refractivity contribution in [3.63, 3.8) is 0 Å². The standard InChI is InChI=1S/C15H21FN2O2/c16-12-7-6-10(15(17)20)8-11(12)9-18-13-4-2-1-3-5-14(13)19/h6-8,13-14,18-19H,1-5,9H2,(H2,17,20). The lowest BCUT2D eigenvalue weighted by Gasteiger charge is -2.22. The molecule has 1 aromatic carbocycles. The molecule has 0 saturated heterocycles. The van der Waals surface area contributed by atoms with Gasteiger partial charge < -0.3 is 16.2 Å². The van der Waals surface area contributed by atoms with E-state index in [0.717, 1.165) is 32.1 Å². The monoisotopic (exact) mass is 280 g/mol. The zero-order valence-corrected chi connectivity index (χ0v) is 11.4. The van der Waals surface area contributed by atoms with Crippen molar-refractivity contribution in [1.82, 2.24) is 5.32 Å². The molecule has 2 rings (SSSR count). The Balaban J connectivity index is 2.02. The quantitative estimate of drug-likeness (QED) is 0.735. The molecule has 4 nitrogen and oxygen atoms in total. The molecule has 1 saturated carbocycles. The van der Waals surface area contributed by atoms with Crippen LogP contribution in [0.4, 0.5) is 4.39 Å². The third-order valence-corrected chi connectivity index (χ3v) is 3.86. The van der Waals surface area contributed by atoms with E-state index in [1.807, 2.05) is 0 Å². The van der Waals surface area contributed by atoms with Crippen LogP contribution in [0.5, 0.6) is 0 Å². The topological polar surface area (TPSA) is 75.4 Å². The van der Waals surface area contributed by atoms with Crippen LogP contribution in [0, 0.1) is 5.82 Å². The molecule has 110 valence electrons. The summed E-state index contributed by atoms with van der Waals surface area (Å²) < 4.78 is 13.7. The summed E-state index contributed by atoms with van der Waals surface area (Å²) in [5.41, 5.74) is 5.89. The fraction of sp³-hybridized carbons (Fsp3) is 0.533. The molecule has 1 aliphatic carbocycles. The summed E-state index contributed by atoms with van der Waals surface area (Å²) >= 11 is 0. The molecule has 2 unspecified atom stereocenters. The van der Waals surface area contributed by atoms with E-state index in [2.05, 4.69) is 5.32 Å². The van der Waals surface area contributed by atoms with Crippen molar-refractivity contribution in [3.05, 3.63) is 35.1 Å². The summed E-state index contributed by atoms with van der Waals surface area (Å²) in [6.07, 6.45) is 4.50. The Hall–Kier alpha value is -1.46. The molecule has 5 heteroatoms. The summed E-state index contributed by atoms with van der Waals surface area (Å²) in [6, 6.07) is 4.07. The Bertz CT molecular complexity index is 479. The van der Waals surface area contributed by atoms with Crippen LogP contribution in [-0.4, -0.2) is 23.2 Å². The third kappa shape index (κ3) is 3.77. The number of aliphatic hydroxyl groups is 1. The number of amides is 1. The van der Waals surface area contributed by atoms with Gasteiger partial charge in [-0.2, -0.15) is 0 Å². The fourth-order valence-electron chi connectivity index (χ4n) is 2.63. The van der Waals surface area contributed by atoms with E-state index >= 15 is 0 Å². The van der Waals surface area contributed by atoms with Gasteiger partial charge >= 0.3 is 0 Å². The van der Waals surface area contributed by atoms with Crippen LogP contribution >= 0.6 is 0 Å². The summed E-state index contributed by atoms with van der Waals surface area (Å²) in [6.45, 7) is 0.286. The predicted octanol–water partition coefficient (Wildman–Crippen LogP) is 1.71. The maximum absolute atomic E-state index is 13.7. The van der Waals surface area contributed by atoms with E-state index in [4.69, 9.17) is 5.73 Å². The molecular formula is C15H21FN2O2. The Morgan fingerprint density at radius 2 is 2.10 bits per heavy atom. The second kappa shape index (κ2) is 6.81. The highest BCUT2D eigenvalue weighted by atomic mass is 19.1. The average molecular weight is 280 g/mol. The van der Waals surface area contributed by atoms with E-state index in [1.165, 1.54) is 18.2 Å². The number of carbonyl (C=O) groups is 1. The first-order chi connectivity index (χ1) is 9.58. The highest BCUT2D eigenvalue weighted by Gasteiger charge is 2.21. The molecule has 0 spiro atoms. The van der Waals surface area contributed by atoms with Gasteiger partial charge in [-0.25, -0.2) is 4.39 Å². The van der Waals surface area contributed by atoms with Crippen LogP contribution in [0.3, 0.4) is 0 Å². The van der Waals surface area contributed by atoms with Crippen LogP contribution in [0.1, 0.15) is 48.0 Å². The minimum Gasteiger partial charge on any atom is -0.392 e. The van der Waals surface area contributed by atoms with Gasteiger partial charge in [0.2, 0.25) is 5.91 Å². The van der Waals surface area contributed by atoms with Crippen LogP contribution in [-0.2, 0) is 6.54 Å². The predicted molar refractivity (Wildman–Crippen MR) is 74.6 cm³/mol. The molecule has 20 heavy (non-hydrogen) atoms. The molecule has 0 radical (unpaired) electrons. The highest BCUT2D eigenvalue weighted by molar-refractivity contribution is 5.92. The maximum atomic E-state index is 13.7. The normalized spacial score (nSPS) is 23.3. The zero-order valence-electron chi connectivity index (χ0n) is 11.4. The van der Waals surface area contributed by atoms with Gasteiger partial charge in [0.15, 0.2) is 0 Å². The van der Waals surface area contributed by atoms with E-state index in [1.54, 1.807) is 0 Å². The van der Waals surface area contributed by atoms with Gasteiger partial charge in [-0.1, -0.05) is 19.3 Å². The first-order valence-electron chi connectivity index (χ1n) is 7.07. The largest absolute Gasteiger partial charge is 0.392 e. The number of nitrogens with one attached hydrogen (secondary N) is 1. The van der Waals surface area contributed by atoms with E-state index in [0.29, 0.717) is 11.1 Å². The Labute approximate surface area is 118 Å². The van der Waals surface area contributed by atoms with Crippen molar-refractivity contribution < 1.29 is 14.3 Å². The van der Waals surface area contributed by atoms with Crippen LogP contribution in [0.2, 0.25) is 0 Å². The Morgan fingerprint density at radius 1 is 1.35 bits per heavy atom. The first kappa shape index (κ1) is 14.9. The molecule has 1 amide bonds. The number of nitrogens with two attached hydrogens (primary N) is 1. The van der Waals surface area contributed by atoms with Crippen molar-refractivity contribution in [1.29, 1.82) is 0 Å². The van der Waals surface area contributed by atoms with Crippen molar-refractivity contribution >= 4 is 5.91 Å². The molecule has 1 aliphatic rings. The van der Waals surface area contributed by atoms with E-state index in [-0.39, 0.29) is 24.5 Å². The zero-order chi connectivity index (χ0) is 14.5. The lowest BCUT2D eigenvalue weighted by Crippen LogP contribution is -2.38. The summed E-state index contributed by atoms with van der Waals surface area (Å²) in [5, 5.41) is 13.2. The van der Waals surface area contributed by atoms with Gasteiger partial charge in [-0.05, 0) is 31.0 Å². The molecular weight excluding hydrogens is 259 g/mol. The van der Waals surface area contributed by atoms with Gasteiger partial charge in [-0.15, -0.1) is 0 Å². The maximum Gasteiger partial charge on any atom is 0.248 e. The Morgan fingerprint density at radius 3 is 2.85 bits per heavy atom. The molecule has 2 atom stereocenters. The van der Waals surface area contributed by atoms with Crippen LogP contribution in [0.25, 0.3) is 0 Å². The third-order valence-electron chi connectivity index (χ3n) is 3.86. The molecule has 0 aromatic heterocycles. The van der Waals surface area contributed by atoms with Gasteiger partial charge in [0.25, 0.3) is 0 Å². The summed E-state index contributed by atoms with van der Waals surface area (Å²) in [4.78, 5) is 11.1. The van der Waals surface area contributed by atoms with E-state index < -0.39 is 5.91 Å². The SMILES string of the molecule is NC(=O)c1ccc(F)c(CNC2CCCCCC2O)c1. The van der Waals surface area contributed by atoms with Crippen molar-refractivity contribution in [2.24, 2.45) is 5.73 Å². The summed E-state index contributed by atoms with van der Waals surface area (Å²) in [7, 11) is 0. The first-order valence-corrected chi connectivity index (χ1v) is 7.07. The number of carbonyl (C=O) groups excluding carboxylic acids is 1. The van der Waals surface area contributed by atoms with Crippen LogP contribution in [0.15, 0.2) is 18.2 Å². The van der Waals surface area contributed by atoms with Gasteiger partial charge in [0, 0.05) is 23.7 Å². The van der Waals surface area contributed by atoms with Gasteiger partial charge in [0.1, 0.15) is 5.82 Å². The number of hydrogen-bond donors (Lipinski definition) is 3. The lowest BCUT2D eigenvalue weighted by molar-refractivity contribution is 0.0999. The second-order valence-corrected chi connectivity index (χ2v) is 5.36. The number of primary amides is 1. The smallest absolute Gasteiger partial charge is 0.248 e. The molecule has 1 aromatic rings. The number of hydrogen-bond acceptors (Lipinski definition) is 3. The molecule has 0 aliphatic heterocycles. The molecule has 0 heterocycles. The highest BCUT2D eigenvalue weighted by Crippen LogP contribution is 2.19. The number of rotatable bonds is 4. The van der Waals surface area contributed by atoms with Gasteiger partial charge in [-0.3, -0.25) is 4.79 Å². The minimum absolute atomic E-state index is 0.0193. The number of aliphatic hydroxyl groups excluding tert-OH is 1. The fourth-order valence-corrected chi connectivity index (χ4v) is 2.63. The number of benzene rings is 1. The van der Waals surface area contributed by atoms with Crippen LogP contribution < -0.4 is 11.1 Å². The molecule has 4 N–H and O–H groups in total. The van der Waals surface area contributed by atoms with Gasteiger partial charge in [0.05, 0.1) is 6.10 Å². The van der Waals surface area contributed by atoms with Crippen molar-refractivity contribution in [3.8, 4) is 0 Å². The number of halogens is 1. The molecule has 1 fully saturated rings. The second-order valence-electron chi connectivity index (χ2n) is 5.36. The minimum atomic E-state index is -0.569. The van der Waals surface area contributed by atoms with Crippen molar-refractivity contribution in [2.45, 2.75) is 50.8 Å². The van der Waals surface area contributed by atoms with Crippen molar-refractivity contribution in [2.75, 3.05) is 0 Å². The molecule has 0 bridgehead atoms. The summed E-state index contributed by atoms with van der Waals surface area (Å²) in [5.74, 6) is -0.939. The van der Waals surface area contributed by atoms with E-state index in [9.17, 15) is 14.3 Å². The Kier molecular flexibility index (Phi) is 5.09.